The van der Waals surface area contributed by atoms with Crippen LogP contribution in [0.5, 0.6) is 0 Å². The van der Waals surface area contributed by atoms with E-state index < -0.39 is 17.9 Å². The molecule has 1 amide bonds. The number of carboxylic acids is 1. The molecule has 2 rings (SSSR count). The Morgan fingerprint density at radius 1 is 1.23 bits per heavy atom. The molecule has 0 aliphatic rings. The first-order valence-electron chi connectivity index (χ1n) is 6.36. The predicted octanol–water partition coefficient (Wildman–Crippen LogP) is 2.81. The van der Waals surface area contributed by atoms with Crippen LogP contribution in [0.25, 0.3) is 0 Å². The van der Waals surface area contributed by atoms with E-state index in [-0.39, 0.29) is 12.1 Å². The summed E-state index contributed by atoms with van der Waals surface area (Å²) >= 11 is 11.8. The lowest BCUT2D eigenvalue weighted by atomic mass is 10.1. The molecule has 1 heterocycles. The highest BCUT2D eigenvalue weighted by Crippen LogP contribution is 2.22. The second-order valence-electron chi connectivity index (χ2n) is 4.52. The molecule has 0 aliphatic heterocycles. The molecule has 0 fully saturated rings. The van der Waals surface area contributed by atoms with E-state index in [0.29, 0.717) is 15.6 Å². The van der Waals surface area contributed by atoms with Crippen molar-refractivity contribution in [3.05, 3.63) is 63.9 Å². The fraction of sp³-hybridized carbons (Fsp3) is 0.133. The van der Waals surface area contributed by atoms with E-state index in [0.717, 1.165) is 0 Å². The van der Waals surface area contributed by atoms with Crippen LogP contribution in [-0.4, -0.2) is 28.0 Å². The number of carbonyl (C=O) groups is 2. The van der Waals surface area contributed by atoms with Crippen molar-refractivity contribution in [1.29, 1.82) is 0 Å². The van der Waals surface area contributed by atoms with Crippen LogP contribution in [0.2, 0.25) is 10.0 Å². The van der Waals surface area contributed by atoms with Gasteiger partial charge in [0.1, 0.15) is 11.7 Å². The topological polar surface area (TPSA) is 79.3 Å². The quantitative estimate of drug-likeness (QED) is 0.878. The van der Waals surface area contributed by atoms with Crippen molar-refractivity contribution < 1.29 is 14.7 Å². The van der Waals surface area contributed by atoms with Gasteiger partial charge in [-0.1, -0.05) is 35.3 Å². The van der Waals surface area contributed by atoms with Gasteiger partial charge in [-0.25, -0.2) is 4.79 Å². The first-order valence-corrected chi connectivity index (χ1v) is 7.11. The molecule has 1 atom stereocenters. The Hall–Kier alpha value is -2.11. The molecule has 1 aromatic carbocycles. The fourth-order valence-electron chi connectivity index (χ4n) is 1.84. The molecule has 0 saturated heterocycles. The van der Waals surface area contributed by atoms with Gasteiger partial charge >= 0.3 is 5.97 Å². The molecule has 2 aromatic rings. The Labute approximate surface area is 136 Å². The zero-order valence-electron chi connectivity index (χ0n) is 11.3. The second-order valence-corrected chi connectivity index (χ2v) is 5.36. The van der Waals surface area contributed by atoms with E-state index >= 15 is 0 Å². The van der Waals surface area contributed by atoms with Gasteiger partial charge in [0.05, 0.1) is 0 Å². The van der Waals surface area contributed by atoms with Gasteiger partial charge in [-0.2, -0.15) is 0 Å². The summed E-state index contributed by atoms with van der Waals surface area (Å²) in [4.78, 5) is 27.2. The minimum Gasteiger partial charge on any atom is -0.480 e. The lowest BCUT2D eigenvalue weighted by Gasteiger charge is -2.15. The van der Waals surface area contributed by atoms with E-state index in [1.54, 1.807) is 24.3 Å². The van der Waals surface area contributed by atoms with Crippen molar-refractivity contribution >= 4 is 35.1 Å². The van der Waals surface area contributed by atoms with E-state index in [4.69, 9.17) is 23.2 Å². The SMILES string of the molecule is O=C(N[C@H](Cc1ccc(Cl)cc1Cl)C(=O)O)c1ccccn1. The summed E-state index contributed by atoms with van der Waals surface area (Å²) in [5.74, 6) is -1.71. The number of aliphatic carboxylic acids is 1. The van der Waals surface area contributed by atoms with Gasteiger partial charge in [0.25, 0.3) is 5.91 Å². The normalized spacial score (nSPS) is 11.7. The van der Waals surface area contributed by atoms with E-state index in [9.17, 15) is 14.7 Å². The summed E-state index contributed by atoms with van der Waals surface area (Å²) in [5, 5.41) is 12.5. The zero-order valence-corrected chi connectivity index (χ0v) is 12.8. The van der Waals surface area contributed by atoms with Gasteiger partial charge in [-0.15, -0.1) is 0 Å². The molecular weight excluding hydrogens is 327 g/mol. The van der Waals surface area contributed by atoms with Gasteiger partial charge < -0.3 is 10.4 Å². The first-order chi connectivity index (χ1) is 10.5. The van der Waals surface area contributed by atoms with E-state index in [1.807, 2.05) is 0 Å². The highest BCUT2D eigenvalue weighted by molar-refractivity contribution is 6.35. The number of rotatable bonds is 5. The van der Waals surface area contributed by atoms with Gasteiger partial charge in [0.15, 0.2) is 0 Å². The smallest absolute Gasteiger partial charge is 0.326 e. The lowest BCUT2D eigenvalue weighted by Crippen LogP contribution is -2.42. The third kappa shape index (κ3) is 4.19. The van der Waals surface area contributed by atoms with Gasteiger partial charge in [0.2, 0.25) is 0 Å². The number of nitrogens with zero attached hydrogens (tertiary/aromatic N) is 1. The monoisotopic (exact) mass is 338 g/mol. The third-order valence-corrected chi connectivity index (χ3v) is 3.53. The summed E-state index contributed by atoms with van der Waals surface area (Å²) in [6.07, 6.45) is 1.50. The minimum atomic E-state index is -1.16. The van der Waals surface area contributed by atoms with Gasteiger partial charge in [-0.3, -0.25) is 9.78 Å². The van der Waals surface area contributed by atoms with Crippen molar-refractivity contribution in [2.75, 3.05) is 0 Å². The fourth-order valence-corrected chi connectivity index (χ4v) is 2.32. The summed E-state index contributed by atoms with van der Waals surface area (Å²) in [7, 11) is 0. The number of benzene rings is 1. The lowest BCUT2D eigenvalue weighted by molar-refractivity contribution is -0.139. The Morgan fingerprint density at radius 3 is 2.59 bits per heavy atom. The third-order valence-electron chi connectivity index (χ3n) is 2.94. The van der Waals surface area contributed by atoms with Crippen LogP contribution in [0, 0.1) is 0 Å². The molecule has 7 heteroatoms. The summed E-state index contributed by atoms with van der Waals surface area (Å²) in [6, 6.07) is 8.47. The Bertz CT molecular complexity index is 692. The highest BCUT2D eigenvalue weighted by atomic mass is 35.5. The number of carbonyl (C=O) groups excluding carboxylic acids is 1. The van der Waals surface area contributed by atoms with Crippen LogP contribution in [0.3, 0.4) is 0 Å². The molecule has 5 nitrogen and oxygen atoms in total. The molecule has 0 saturated carbocycles. The van der Waals surface area contributed by atoms with Crippen LogP contribution >= 0.6 is 23.2 Å². The number of amides is 1. The number of hydrogen-bond acceptors (Lipinski definition) is 3. The average Bonchev–Trinajstić information content (AvgIpc) is 2.49. The molecule has 0 spiro atoms. The van der Waals surface area contributed by atoms with Crippen molar-refractivity contribution in [1.82, 2.24) is 10.3 Å². The van der Waals surface area contributed by atoms with Crippen LogP contribution < -0.4 is 5.32 Å². The maximum atomic E-state index is 12.0. The molecule has 0 aliphatic carbocycles. The maximum absolute atomic E-state index is 12.0. The molecule has 114 valence electrons. The van der Waals surface area contributed by atoms with Gasteiger partial charge in [-0.05, 0) is 29.8 Å². The molecule has 22 heavy (non-hydrogen) atoms. The molecule has 0 unspecified atom stereocenters. The summed E-state index contributed by atoms with van der Waals surface area (Å²) in [5.41, 5.74) is 0.732. The van der Waals surface area contributed by atoms with E-state index in [1.165, 1.54) is 18.3 Å². The number of aromatic nitrogens is 1. The van der Waals surface area contributed by atoms with E-state index in [2.05, 4.69) is 10.3 Å². The van der Waals surface area contributed by atoms with Crippen molar-refractivity contribution in [3.8, 4) is 0 Å². The minimum absolute atomic E-state index is 0.0455. The molecule has 1 aromatic heterocycles. The number of halogens is 2. The van der Waals surface area contributed by atoms with Gasteiger partial charge in [0, 0.05) is 22.7 Å². The number of pyridine rings is 1. The van der Waals surface area contributed by atoms with Crippen LogP contribution in [0.4, 0.5) is 0 Å². The maximum Gasteiger partial charge on any atom is 0.326 e. The Kier molecular flexibility index (Phi) is 5.35. The first kappa shape index (κ1) is 16.3. The van der Waals surface area contributed by atoms with Crippen molar-refractivity contribution in [3.63, 3.8) is 0 Å². The molecule has 0 radical (unpaired) electrons. The van der Waals surface area contributed by atoms with Crippen LogP contribution in [-0.2, 0) is 11.2 Å². The Balaban J connectivity index is 2.14. The zero-order chi connectivity index (χ0) is 16.1. The number of carboxylic acid groups (broad SMARTS) is 1. The summed E-state index contributed by atoms with van der Waals surface area (Å²) in [6.45, 7) is 0. The molecular formula is C15H12Cl2N2O3. The number of hydrogen-bond donors (Lipinski definition) is 2. The number of nitrogens with one attached hydrogen (secondary N) is 1. The summed E-state index contributed by atoms with van der Waals surface area (Å²) < 4.78 is 0. The standard InChI is InChI=1S/C15H12Cl2N2O3/c16-10-5-4-9(11(17)8-10)7-13(15(21)22)19-14(20)12-3-1-2-6-18-12/h1-6,8,13H,7H2,(H,19,20)(H,21,22)/t13-/m1/s1. The Morgan fingerprint density at radius 2 is 2.00 bits per heavy atom. The highest BCUT2D eigenvalue weighted by Gasteiger charge is 2.22. The van der Waals surface area contributed by atoms with Crippen molar-refractivity contribution in [2.45, 2.75) is 12.5 Å². The van der Waals surface area contributed by atoms with Crippen LogP contribution in [0.1, 0.15) is 16.1 Å². The molecule has 0 bridgehead atoms. The van der Waals surface area contributed by atoms with Crippen molar-refractivity contribution in [2.24, 2.45) is 0 Å². The largest absolute Gasteiger partial charge is 0.480 e. The predicted molar refractivity (Wildman–Crippen MR) is 83.3 cm³/mol. The average molecular weight is 339 g/mol. The van der Waals surface area contributed by atoms with Crippen LogP contribution in [0.15, 0.2) is 42.6 Å². The molecule has 2 N–H and O–H groups in total. The second kappa shape index (κ2) is 7.24.